The van der Waals surface area contributed by atoms with Crippen LogP contribution in [0.4, 0.5) is 5.69 Å². The van der Waals surface area contributed by atoms with Crippen LogP contribution in [0.5, 0.6) is 0 Å². The number of sulfone groups is 1. The van der Waals surface area contributed by atoms with Crippen molar-refractivity contribution >= 4 is 15.5 Å². The van der Waals surface area contributed by atoms with Crippen LogP contribution in [0.2, 0.25) is 0 Å². The molecule has 1 heterocycles. The van der Waals surface area contributed by atoms with E-state index in [1.54, 1.807) is 6.07 Å². The summed E-state index contributed by atoms with van der Waals surface area (Å²) >= 11 is 0. The smallest absolute Gasteiger partial charge is 0.175 e. The summed E-state index contributed by atoms with van der Waals surface area (Å²) in [4.78, 5) is 5.45. The minimum atomic E-state index is -3.21. The van der Waals surface area contributed by atoms with Gasteiger partial charge in [0.15, 0.2) is 9.84 Å². The largest absolute Gasteiger partial charge is 0.368 e. The Labute approximate surface area is 194 Å². The summed E-state index contributed by atoms with van der Waals surface area (Å²) in [5.74, 6) is 2.49. The highest BCUT2D eigenvalue weighted by Crippen LogP contribution is 2.36. The fourth-order valence-electron chi connectivity index (χ4n) is 5.54. The quantitative estimate of drug-likeness (QED) is 0.585. The molecule has 1 saturated heterocycles. The van der Waals surface area contributed by atoms with E-state index in [2.05, 4.69) is 54.0 Å². The molecule has 4 rings (SSSR count). The summed E-state index contributed by atoms with van der Waals surface area (Å²) in [6.45, 7) is 8.73. The van der Waals surface area contributed by atoms with E-state index < -0.39 is 9.84 Å². The first-order chi connectivity index (χ1) is 15.3. The highest BCUT2D eigenvalue weighted by Gasteiger charge is 2.32. The molecule has 0 aromatic heterocycles. The standard InChI is InChI=1S/C27H38N2O2S/c1-21(2)23-14-12-22(13-15-23)19-29-17-16-28(20-27(29)24-8-5-4-6-9-24)25-10-7-11-26(18-25)32(3,30)31/h4-11,18,21-23,27H,12-17,19-20H2,1-3H3/t22?,23?,27-/m0/s1. The van der Waals surface area contributed by atoms with Crippen molar-refractivity contribution < 1.29 is 8.42 Å². The van der Waals surface area contributed by atoms with Gasteiger partial charge in [-0.3, -0.25) is 4.90 Å². The number of hydrogen-bond donors (Lipinski definition) is 0. The fraction of sp³-hybridized carbons (Fsp3) is 0.556. The molecule has 5 heteroatoms. The predicted molar refractivity (Wildman–Crippen MR) is 133 cm³/mol. The third-order valence-electron chi connectivity index (χ3n) is 7.61. The van der Waals surface area contributed by atoms with Crippen LogP contribution in [0.25, 0.3) is 0 Å². The van der Waals surface area contributed by atoms with Crippen LogP contribution >= 0.6 is 0 Å². The first-order valence-corrected chi connectivity index (χ1v) is 14.0. The summed E-state index contributed by atoms with van der Waals surface area (Å²) in [6, 6.07) is 18.6. The van der Waals surface area contributed by atoms with E-state index in [9.17, 15) is 8.42 Å². The van der Waals surface area contributed by atoms with Crippen LogP contribution < -0.4 is 4.90 Å². The Morgan fingerprint density at radius 1 is 0.938 bits per heavy atom. The zero-order valence-corrected chi connectivity index (χ0v) is 20.6. The highest BCUT2D eigenvalue weighted by molar-refractivity contribution is 7.90. The molecule has 4 nitrogen and oxygen atoms in total. The van der Waals surface area contributed by atoms with Gasteiger partial charge in [-0.2, -0.15) is 0 Å². The van der Waals surface area contributed by atoms with E-state index in [1.807, 2.05) is 18.2 Å². The number of piperazine rings is 1. The monoisotopic (exact) mass is 454 g/mol. The van der Waals surface area contributed by atoms with Crippen molar-refractivity contribution in [2.75, 3.05) is 37.3 Å². The van der Waals surface area contributed by atoms with Gasteiger partial charge in [0.1, 0.15) is 0 Å². The van der Waals surface area contributed by atoms with Crippen LogP contribution in [-0.4, -0.2) is 45.8 Å². The van der Waals surface area contributed by atoms with E-state index in [0.717, 1.165) is 43.1 Å². The van der Waals surface area contributed by atoms with Gasteiger partial charge in [0, 0.05) is 38.1 Å². The molecule has 2 aromatic rings. The zero-order valence-electron chi connectivity index (χ0n) is 19.8. The van der Waals surface area contributed by atoms with Gasteiger partial charge in [-0.1, -0.05) is 50.2 Å². The Kier molecular flexibility index (Phi) is 7.26. The van der Waals surface area contributed by atoms with E-state index in [1.165, 1.54) is 44.0 Å². The topological polar surface area (TPSA) is 40.6 Å². The van der Waals surface area contributed by atoms with Gasteiger partial charge in [0.25, 0.3) is 0 Å². The van der Waals surface area contributed by atoms with Gasteiger partial charge in [-0.05, 0) is 67.2 Å². The number of rotatable bonds is 6. The molecule has 174 valence electrons. The molecule has 1 aliphatic heterocycles. The summed E-state index contributed by atoms with van der Waals surface area (Å²) in [5.41, 5.74) is 2.36. The normalized spacial score (nSPS) is 25.2. The summed E-state index contributed by atoms with van der Waals surface area (Å²) in [6.07, 6.45) is 6.72. The zero-order chi connectivity index (χ0) is 22.7. The fourth-order valence-corrected chi connectivity index (χ4v) is 6.21. The van der Waals surface area contributed by atoms with Crippen molar-refractivity contribution in [3.63, 3.8) is 0 Å². The van der Waals surface area contributed by atoms with E-state index in [-0.39, 0.29) is 0 Å². The molecule has 0 N–H and O–H groups in total. The molecule has 2 fully saturated rings. The van der Waals surface area contributed by atoms with Crippen molar-refractivity contribution in [1.29, 1.82) is 0 Å². The van der Waals surface area contributed by atoms with Crippen LogP contribution in [0.15, 0.2) is 59.5 Å². The molecule has 1 atom stereocenters. The third kappa shape index (κ3) is 5.55. The Morgan fingerprint density at radius 3 is 2.31 bits per heavy atom. The van der Waals surface area contributed by atoms with Crippen LogP contribution in [0, 0.1) is 17.8 Å². The van der Waals surface area contributed by atoms with Gasteiger partial charge in [0.05, 0.1) is 10.9 Å². The minimum absolute atomic E-state index is 0.328. The maximum atomic E-state index is 12.1. The van der Waals surface area contributed by atoms with Crippen molar-refractivity contribution in [2.24, 2.45) is 17.8 Å². The second-order valence-corrected chi connectivity index (χ2v) is 12.2. The van der Waals surface area contributed by atoms with E-state index >= 15 is 0 Å². The number of benzene rings is 2. The van der Waals surface area contributed by atoms with Crippen molar-refractivity contribution in [3.05, 3.63) is 60.2 Å². The number of anilines is 1. The average molecular weight is 455 g/mol. The van der Waals surface area contributed by atoms with Gasteiger partial charge >= 0.3 is 0 Å². The van der Waals surface area contributed by atoms with Gasteiger partial charge in [0.2, 0.25) is 0 Å². The van der Waals surface area contributed by atoms with Gasteiger partial charge < -0.3 is 4.90 Å². The molecule has 0 spiro atoms. The van der Waals surface area contributed by atoms with Crippen molar-refractivity contribution in [1.82, 2.24) is 4.90 Å². The third-order valence-corrected chi connectivity index (χ3v) is 8.72. The number of hydrogen-bond acceptors (Lipinski definition) is 4. The molecule has 1 saturated carbocycles. The van der Waals surface area contributed by atoms with Crippen molar-refractivity contribution in [3.8, 4) is 0 Å². The summed E-state index contributed by atoms with van der Waals surface area (Å²) in [5, 5.41) is 0. The lowest BCUT2D eigenvalue weighted by molar-refractivity contribution is 0.118. The van der Waals surface area contributed by atoms with Crippen LogP contribution in [-0.2, 0) is 9.84 Å². The van der Waals surface area contributed by atoms with Gasteiger partial charge in [-0.25, -0.2) is 8.42 Å². The van der Waals surface area contributed by atoms with Crippen molar-refractivity contribution in [2.45, 2.75) is 50.5 Å². The second-order valence-electron chi connectivity index (χ2n) is 10.2. The molecular formula is C27H38N2O2S. The van der Waals surface area contributed by atoms with E-state index in [4.69, 9.17) is 0 Å². The lowest BCUT2D eigenvalue weighted by Crippen LogP contribution is -2.50. The maximum Gasteiger partial charge on any atom is 0.175 e. The predicted octanol–water partition coefficient (Wildman–Crippen LogP) is 5.42. The Bertz CT molecular complexity index is 982. The highest BCUT2D eigenvalue weighted by atomic mass is 32.2. The Balaban J connectivity index is 1.50. The average Bonchev–Trinajstić information content (AvgIpc) is 2.80. The van der Waals surface area contributed by atoms with E-state index in [0.29, 0.717) is 10.9 Å². The van der Waals surface area contributed by atoms with Crippen LogP contribution in [0.3, 0.4) is 0 Å². The first-order valence-electron chi connectivity index (χ1n) is 12.2. The molecule has 1 aliphatic carbocycles. The summed E-state index contributed by atoms with van der Waals surface area (Å²) < 4.78 is 24.1. The Morgan fingerprint density at radius 2 is 1.66 bits per heavy atom. The lowest BCUT2D eigenvalue weighted by atomic mass is 9.76. The Hall–Kier alpha value is -1.85. The molecule has 2 aromatic carbocycles. The molecule has 0 amide bonds. The van der Waals surface area contributed by atoms with Gasteiger partial charge in [-0.15, -0.1) is 0 Å². The molecular weight excluding hydrogens is 416 g/mol. The minimum Gasteiger partial charge on any atom is -0.368 e. The molecule has 32 heavy (non-hydrogen) atoms. The first kappa shape index (κ1) is 23.3. The maximum absolute atomic E-state index is 12.1. The second kappa shape index (κ2) is 9.96. The van der Waals surface area contributed by atoms with Crippen LogP contribution in [0.1, 0.15) is 51.1 Å². The molecule has 0 bridgehead atoms. The lowest BCUT2D eigenvalue weighted by Gasteiger charge is -2.45. The molecule has 0 unspecified atom stereocenters. The number of nitrogens with zero attached hydrogens (tertiary/aromatic N) is 2. The molecule has 2 aliphatic rings. The molecule has 0 radical (unpaired) electrons. The SMILES string of the molecule is CC(C)C1CCC(CN2CCN(c3cccc(S(C)(=O)=O)c3)C[C@H]2c2ccccc2)CC1. The summed E-state index contributed by atoms with van der Waals surface area (Å²) in [7, 11) is -3.21.